The monoisotopic (exact) mass is 388 g/mol. The summed E-state index contributed by atoms with van der Waals surface area (Å²) in [6.45, 7) is 2.07. The Hall–Kier alpha value is -2.09. The van der Waals surface area contributed by atoms with Gasteiger partial charge in [-0.25, -0.2) is 12.7 Å². The molecule has 0 radical (unpaired) electrons. The third-order valence-electron chi connectivity index (χ3n) is 5.10. The van der Waals surface area contributed by atoms with E-state index in [1.165, 1.54) is 0 Å². The van der Waals surface area contributed by atoms with Crippen LogP contribution >= 0.6 is 0 Å². The maximum Gasteiger partial charge on any atom is 0.231 e. The molecule has 0 bridgehead atoms. The van der Waals surface area contributed by atoms with Gasteiger partial charge in [0, 0.05) is 31.2 Å². The zero-order valence-electron chi connectivity index (χ0n) is 15.1. The third-order valence-corrected chi connectivity index (χ3v) is 6.95. The van der Waals surface area contributed by atoms with Crippen molar-refractivity contribution >= 4 is 10.0 Å². The Morgan fingerprint density at radius 3 is 2.56 bits per heavy atom. The molecule has 4 rings (SSSR count). The van der Waals surface area contributed by atoms with Crippen LogP contribution in [0.1, 0.15) is 24.0 Å². The van der Waals surface area contributed by atoms with Crippen LogP contribution in [0, 0.1) is 0 Å². The van der Waals surface area contributed by atoms with E-state index in [1.54, 1.807) is 4.31 Å². The predicted molar refractivity (Wildman–Crippen MR) is 103 cm³/mol. The van der Waals surface area contributed by atoms with Gasteiger partial charge in [-0.2, -0.15) is 0 Å². The highest BCUT2D eigenvalue weighted by Gasteiger charge is 2.28. The number of ether oxygens (including phenoxy) is 2. The Morgan fingerprint density at radius 2 is 1.78 bits per heavy atom. The average Bonchev–Trinajstić information content (AvgIpc) is 3.16. The van der Waals surface area contributed by atoms with Gasteiger partial charge in [0.2, 0.25) is 16.8 Å². The molecule has 6 nitrogen and oxygen atoms in total. The quantitative estimate of drug-likeness (QED) is 0.824. The van der Waals surface area contributed by atoms with Crippen molar-refractivity contribution in [3.63, 3.8) is 0 Å². The minimum absolute atomic E-state index is 0.0689. The van der Waals surface area contributed by atoms with Crippen molar-refractivity contribution in [1.82, 2.24) is 9.62 Å². The van der Waals surface area contributed by atoms with Crippen molar-refractivity contribution in [2.45, 2.75) is 31.2 Å². The first-order valence-electron chi connectivity index (χ1n) is 9.24. The fourth-order valence-electron chi connectivity index (χ4n) is 3.60. The van der Waals surface area contributed by atoms with Crippen LogP contribution in [-0.2, 0) is 22.3 Å². The van der Waals surface area contributed by atoms with E-state index < -0.39 is 10.0 Å². The van der Waals surface area contributed by atoms with Crippen LogP contribution in [0.5, 0.6) is 11.5 Å². The van der Waals surface area contributed by atoms with E-state index in [-0.39, 0.29) is 12.5 Å². The van der Waals surface area contributed by atoms with Crippen molar-refractivity contribution < 1.29 is 17.9 Å². The summed E-state index contributed by atoms with van der Waals surface area (Å²) in [5.41, 5.74) is 1.90. The first kappa shape index (κ1) is 18.3. The molecule has 1 fully saturated rings. The minimum Gasteiger partial charge on any atom is -0.454 e. The fourth-order valence-corrected chi connectivity index (χ4v) is 5.16. The molecule has 2 heterocycles. The highest BCUT2D eigenvalue weighted by Crippen LogP contribution is 2.35. The number of benzene rings is 2. The van der Waals surface area contributed by atoms with Gasteiger partial charge in [-0.1, -0.05) is 42.5 Å². The molecule has 2 aliphatic heterocycles. The number of para-hydroxylation sites is 1. The Balaban J connectivity index is 1.30. The zero-order chi connectivity index (χ0) is 18.7. The lowest BCUT2D eigenvalue weighted by Crippen LogP contribution is -2.45. The van der Waals surface area contributed by atoms with Gasteiger partial charge in [0.05, 0.1) is 5.75 Å². The van der Waals surface area contributed by atoms with Crippen LogP contribution < -0.4 is 14.8 Å². The molecular weight excluding hydrogens is 364 g/mol. The molecule has 0 aliphatic carbocycles. The summed E-state index contributed by atoms with van der Waals surface area (Å²) in [5, 5.41) is 3.53. The van der Waals surface area contributed by atoms with E-state index >= 15 is 0 Å². The minimum atomic E-state index is -3.27. The summed E-state index contributed by atoms with van der Waals surface area (Å²) in [5.74, 6) is 1.67. The van der Waals surface area contributed by atoms with Gasteiger partial charge in [0.25, 0.3) is 0 Å². The standard InChI is InChI=1S/C20H24N2O4S/c23-27(24,14-16-5-2-1-3-6-16)22-11-9-18(10-12-22)21-13-17-7-4-8-19-20(17)26-15-25-19/h1-8,18,21H,9-15H2. The van der Waals surface area contributed by atoms with E-state index in [4.69, 9.17) is 9.47 Å². The molecule has 2 aromatic carbocycles. The molecule has 1 saturated heterocycles. The van der Waals surface area contributed by atoms with Crippen molar-refractivity contribution in [2.24, 2.45) is 0 Å². The fraction of sp³-hybridized carbons (Fsp3) is 0.400. The lowest BCUT2D eigenvalue weighted by Gasteiger charge is -2.31. The van der Waals surface area contributed by atoms with Gasteiger partial charge >= 0.3 is 0 Å². The largest absolute Gasteiger partial charge is 0.454 e. The molecule has 0 unspecified atom stereocenters. The Bertz CT molecular complexity index is 878. The molecule has 0 atom stereocenters. The van der Waals surface area contributed by atoms with Crippen molar-refractivity contribution in [2.75, 3.05) is 19.9 Å². The number of piperidine rings is 1. The van der Waals surface area contributed by atoms with Gasteiger partial charge in [-0.05, 0) is 24.5 Å². The second kappa shape index (κ2) is 7.88. The Kier molecular flexibility index (Phi) is 5.33. The SMILES string of the molecule is O=S(=O)(Cc1ccccc1)N1CCC(NCc2cccc3c2OCO3)CC1. The Labute approximate surface area is 160 Å². The number of nitrogens with zero attached hydrogens (tertiary/aromatic N) is 1. The summed E-state index contributed by atoms with van der Waals surface area (Å²) in [6, 6.07) is 15.5. The molecule has 0 aromatic heterocycles. The van der Waals surface area contributed by atoms with Crippen molar-refractivity contribution in [3.8, 4) is 11.5 Å². The van der Waals surface area contributed by atoms with Gasteiger partial charge in [0.15, 0.2) is 11.5 Å². The smallest absolute Gasteiger partial charge is 0.231 e. The number of hydrogen-bond acceptors (Lipinski definition) is 5. The zero-order valence-corrected chi connectivity index (χ0v) is 16.0. The topological polar surface area (TPSA) is 67.9 Å². The van der Waals surface area contributed by atoms with Crippen LogP contribution in [0.2, 0.25) is 0 Å². The maximum absolute atomic E-state index is 12.6. The van der Waals surface area contributed by atoms with Crippen molar-refractivity contribution in [3.05, 3.63) is 59.7 Å². The van der Waals surface area contributed by atoms with E-state index in [1.807, 2.05) is 48.5 Å². The highest BCUT2D eigenvalue weighted by atomic mass is 32.2. The number of hydrogen-bond donors (Lipinski definition) is 1. The Morgan fingerprint density at radius 1 is 1.00 bits per heavy atom. The normalized spacial score (nSPS) is 17.9. The maximum atomic E-state index is 12.6. The van der Waals surface area contributed by atoms with E-state index in [0.717, 1.165) is 35.5 Å². The molecule has 7 heteroatoms. The van der Waals surface area contributed by atoms with Gasteiger partial charge in [-0.15, -0.1) is 0 Å². The summed E-state index contributed by atoms with van der Waals surface area (Å²) in [6.07, 6.45) is 1.61. The second-order valence-electron chi connectivity index (χ2n) is 6.95. The number of nitrogens with one attached hydrogen (secondary N) is 1. The van der Waals surface area contributed by atoms with Crippen LogP contribution in [0.3, 0.4) is 0 Å². The molecular formula is C20H24N2O4S. The number of sulfonamides is 1. The van der Waals surface area contributed by atoms with Crippen LogP contribution in [0.4, 0.5) is 0 Å². The molecule has 0 saturated carbocycles. The van der Waals surface area contributed by atoms with Gasteiger partial charge < -0.3 is 14.8 Å². The van der Waals surface area contributed by atoms with E-state index in [2.05, 4.69) is 5.32 Å². The molecule has 0 spiro atoms. The molecule has 1 N–H and O–H groups in total. The summed E-state index contributed by atoms with van der Waals surface area (Å²) < 4.78 is 37.9. The highest BCUT2D eigenvalue weighted by molar-refractivity contribution is 7.88. The van der Waals surface area contributed by atoms with Crippen LogP contribution in [0.25, 0.3) is 0 Å². The summed E-state index contributed by atoms with van der Waals surface area (Å²) >= 11 is 0. The molecule has 2 aromatic rings. The first-order chi connectivity index (χ1) is 13.1. The second-order valence-corrected chi connectivity index (χ2v) is 8.92. The summed E-state index contributed by atoms with van der Waals surface area (Å²) in [7, 11) is -3.27. The third kappa shape index (κ3) is 4.26. The molecule has 0 amide bonds. The predicted octanol–water partition coefficient (Wildman–Crippen LogP) is 2.50. The average molecular weight is 388 g/mol. The number of fused-ring (bicyclic) bond motifs is 1. The summed E-state index contributed by atoms with van der Waals surface area (Å²) in [4.78, 5) is 0. The van der Waals surface area contributed by atoms with E-state index in [9.17, 15) is 8.42 Å². The van der Waals surface area contributed by atoms with Crippen LogP contribution in [-0.4, -0.2) is 38.6 Å². The first-order valence-corrected chi connectivity index (χ1v) is 10.9. The number of rotatable bonds is 6. The lowest BCUT2D eigenvalue weighted by atomic mass is 10.1. The lowest BCUT2D eigenvalue weighted by molar-refractivity contribution is 0.173. The molecule has 144 valence electrons. The molecule has 2 aliphatic rings. The molecule has 27 heavy (non-hydrogen) atoms. The van der Waals surface area contributed by atoms with Gasteiger partial charge in [0.1, 0.15) is 0 Å². The van der Waals surface area contributed by atoms with Crippen LogP contribution in [0.15, 0.2) is 48.5 Å². The van der Waals surface area contributed by atoms with E-state index in [0.29, 0.717) is 25.7 Å². The van der Waals surface area contributed by atoms with Gasteiger partial charge in [-0.3, -0.25) is 0 Å². The van der Waals surface area contributed by atoms with Crippen molar-refractivity contribution in [1.29, 1.82) is 0 Å².